The smallest absolute Gasteiger partial charge is 0.212 e. The zero-order valence-electron chi connectivity index (χ0n) is 18.1. The van der Waals surface area contributed by atoms with Crippen LogP contribution in [0.15, 0.2) is 40.6 Å². The number of benzene rings is 2. The first-order valence-corrected chi connectivity index (χ1v) is 10.6. The van der Waals surface area contributed by atoms with Crippen molar-refractivity contribution in [3.63, 3.8) is 0 Å². The molecule has 0 fully saturated rings. The van der Waals surface area contributed by atoms with Crippen LogP contribution in [0.1, 0.15) is 11.4 Å². The van der Waals surface area contributed by atoms with E-state index in [-0.39, 0.29) is 6.61 Å². The maximum Gasteiger partial charge on any atom is 0.212 e. The van der Waals surface area contributed by atoms with Crippen LogP contribution < -0.4 is 29.4 Å². The number of hydrogen-bond acceptors (Lipinski definition) is 10. The summed E-state index contributed by atoms with van der Waals surface area (Å²) in [6.07, 6.45) is 0. The van der Waals surface area contributed by atoms with Crippen molar-refractivity contribution in [1.29, 1.82) is 0 Å². The minimum Gasteiger partial charge on any atom is -0.495 e. The molecule has 32 heavy (non-hydrogen) atoms. The van der Waals surface area contributed by atoms with E-state index in [4.69, 9.17) is 34.5 Å². The number of methoxy groups -OCH3 is 4. The number of fused-ring (bicyclic) bond motifs is 1. The molecule has 0 saturated carbocycles. The number of aromatic nitrogens is 3. The van der Waals surface area contributed by atoms with Gasteiger partial charge >= 0.3 is 0 Å². The van der Waals surface area contributed by atoms with Crippen LogP contribution in [0.4, 0.5) is 5.69 Å². The van der Waals surface area contributed by atoms with E-state index in [1.54, 1.807) is 57.0 Å². The van der Waals surface area contributed by atoms with E-state index < -0.39 is 0 Å². The van der Waals surface area contributed by atoms with E-state index in [0.29, 0.717) is 51.2 Å². The normalized spacial score (nSPS) is 12.6. The number of thioether (sulfide) groups is 1. The summed E-state index contributed by atoms with van der Waals surface area (Å²) in [4.78, 5) is 0. The van der Waals surface area contributed by atoms with Crippen molar-refractivity contribution in [2.24, 2.45) is 5.10 Å². The Balaban J connectivity index is 1.58. The predicted molar refractivity (Wildman–Crippen MR) is 121 cm³/mol. The Kier molecular flexibility index (Phi) is 6.26. The van der Waals surface area contributed by atoms with Gasteiger partial charge in [-0.25, -0.2) is 0 Å². The van der Waals surface area contributed by atoms with Gasteiger partial charge in [0.2, 0.25) is 10.9 Å². The molecule has 4 rings (SSSR count). The number of nitrogen functional groups attached to an aromatic ring is 1. The molecule has 1 aliphatic heterocycles. The highest BCUT2D eigenvalue weighted by molar-refractivity contribution is 7.99. The van der Waals surface area contributed by atoms with Gasteiger partial charge in [-0.15, -0.1) is 10.2 Å². The zero-order valence-corrected chi connectivity index (χ0v) is 18.9. The zero-order chi connectivity index (χ0) is 22.7. The molecule has 0 radical (unpaired) electrons. The average molecular weight is 458 g/mol. The summed E-state index contributed by atoms with van der Waals surface area (Å²) >= 11 is 1.54. The molecule has 0 amide bonds. The van der Waals surface area contributed by atoms with E-state index in [1.165, 1.54) is 0 Å². The molecule has 0 unspecified atom stereocenters. The number of anilines is 1. The van der Waals surface area contributed by atoms with Crippen molar-refractivity contribution in [1.82, 2.24) is 14.9 Å². The SMILES string of the molecule is COc1ccc(C2=Nn3c(COc4cc(OC)c(OC)c(OC)c4)nnc3SC2)cc1N. The number of ether oxygens (including phenoxy) is 5. The van der Waals surface area contributed by atoms with Gasteiger partial charge in [-0.3, -0.25) is 0 Å². The fraction of sp³-hybridized carbons (Fsp3) is 0.286. The Morgan fingerprint density at radius 2 is 1.66 bits per heavy atom. The van der Waals surface area contributed by atoms with Gasteiger partial charge in [0.05, 0.1) is 39.8 Å². The van der Waals surface area contributed by atoms with Crippen LogP contribution in [0.25, 0.3) is 0 Å². The molecule has 0 bridgehead atoms. The topological polar surface area (TPSA) is 115 Å². The molecule has 2 aromatic carbocycles. The molecule has 1 aromatic heterocycles. The quantitative estimate of drug-likeness (QED) is 0.510. The highest BCUT2D eigenvalue weighted by Crippen LogP contribution is 2.41. The van der Waals surface area contributed by atoms with Crippen LogP contribution in [0.2, 0.25) is 0 Å². The van der Waals surface area contributed by atoms with Gasteiger partial charge in [0.25, 0.3) is 0 Å². The lowest BCUT2D eigenvalue weighted by Crippen LogP contribution is -2.15. The second kappa shape index (κ2) is 9.27. The van der Waals surface area contributed by atoms with Gasteiger partial charge in [-0.2, -0.15) is 9.78 Å². The van der Waals surface area contributed by atoms with Crippen LogP contribution in [0.5, 0.6) is 28.7 Å². The number of nitrogens with zero attached hydrogens (tertiary/aromatic N) is 4. The van der Waals surface area contributed by atoms with Crippen molar-refractivity contribution in [2.45, 2.75) is 11.8 Å². The van der Waals surface area contributed by atoms with E-state index >= 15 is 0 Å². The molecule has 1 aliphatic rings. The molecule has 0 spiro atoms. The average Bonchev–Trinajstić information content (AvgIpc) is 3.24. The van der Waals surface area contributed by atoms with Crippen molar-refractivity contribution in [3.8, 4) is 28.7 Å². The molecule has 11 heteroatoms. The lowest BCUT2D eigenvalue weighted by atomic mass is 10.1. The third kappa shape index (κ3) is 4.11. The lowest BCUT2D eigenvalue weighted by Gasteiger charge is -2.16. The van der Waals surface area contributed by atoms with Crippen LogP contribution >= 0.6 is 11.8 Å². The Hall–Kier alpha value is -3.60. The van der Waals surface area contributed by atoms with Crippen molar-refractivity contribution in [2.75, 3.05) is 39.9 Å². The van der Waals surface area contributed by atoms with Gasteiger partial charge in [0.15, 0.2) is 17.3 Å². The summed E-state index contributed by atoms with van der Waals surface area (Å²) < 4.78 is 28.9. The molecule has 10 nitrogen and oxygen atoms in total. The molecule has 2 heterocycles. The number of rotatable bonds is 8. The summed E-state index contributed by atoms with van der Waals surface area (Å²) in [5.41, 5.74) is 8.37. The Morgan fingerprint density at radius 1 is 0.938 bits per heavy atom. The van der Waals surface area contributed by atoms with Crippen molar-refractivity contribution in [3.05, 3.63) is 41.7 Å². The summed E-state index contributed by atoms with van der Waals surface area (Å²) in [5, 5.41) is 13.9. The van der Waals surface area contributed by atoms with Gasteiger partial charge in [0, 0.05) is 23.4 Å². The highest BCUT2D eigenvalue weighted by Gasteiger charge is 2.21. The third-order valence-corrected chi connectivity index (χ3v) is 5.74. The second-order valence-electron chi connectivity index (χ2n) is 6.65. The van der Waals surface area contributed by atoms with E-state index in [9.17, 15) is 0 Å². The van der Waals surface area contributed by atoms with E-state index in [2.05, 4.69) is 10.2 Å². The standard InChI is InChI=1S/C21H23N5O5S/c1-27-16-6-5-12(7-14(16)22)15-11-32-21-24-23-19(26(21)25-15)10-31-13-8-17(28-2)20(30-4)18(9-13)29-3/h5-9H,10-11,22H2,1-4H3. The van der Waals surface area contributed by atoms with Crippen LogP contribution in [-0.2, 0) is 6.61 Å². The first-order chi connectivity index (χ1) is 15.6. The van der Waals surface area contributed by atoms with E-state index in [1.807, 2.05) is 18.2 Å². The monoisotopic (exact) mass is 457 g/mol. The maximum atomic E-state index is 6.06. The molecule has 0 saturated heterocycles. The Bertz CT molecular complexity index is 1140. The van der Waals surface area contributed by atoms with Gasteiger partial charge in [0.1, 0.15) is 18.1 Å². The first kappa shape index (κ1) is 21.6. The summed E-state index contributed by atoms with van der Waals surface area (Å²) in [6, 6.07) is 9.04. The van der Waals surface area contributed by atoms with Gasteiger partial charge in [-0.05, 0) is 18.2 Å². The molecular weight excluding hydrogens is 434 g/mol. The van der Waals surface area contributed by atoms with E-state index in [0.717, 1.165) is 11.3 Å². The van der Waals surface area contributed by atoms with Crippen LogP contribution in [0, 0.1) is 0 Å². The lowest BCUT2D eigenvalue weighted by molar-refractivity contribution is 0.279. The Morgan fingerprint density at radius 3 is 2.28 bits per heavy atom. The fourth-order valence-corrected chi connectivity index (χ4v) is 4.06. The van der Waals surface area contributed by atoms with Crippen molar-refractivity contribution < 1.29 is 23.7 Å². The number of hydrogen-bond donors (Lipinski definition) is 1. The summed E-state index contributed by atoms with van der Waals surface area (Å²) in [7, 11) is 6.24. The molecule has 0 aliphatic carbocycles. The van der Waals surface area contributed by atoms with Gasteiger partial charge < -0.3 is 29.4 Å². The molecule has 168 valence electrons. The minimum absolute atomic E-state index is 0.147. The summed E-state index contributed by atoms with van der Waals surface area (Å²) in [5.74, 6) is 3.86. The molecule has 2 N–H and O–H groups in total. The number of nitrogens with two attached hydrogens (primary N) is 1. The predicted octanol–water partition coefficient (Wildman–Crippen LogP) is 2.83. The first-order valence-electron chi connectivity index (χ1n) is 9.59. The highest BCUT2D eigenvalue weighted by atomic mass is 32.2. The Labute approximate surface area is 189 Å². The van der Waals surface area contributed by atoms with Gasteiger partial charge in [-0.1, -0.05) is 11.8 Å². The fourth-order valence-electron chi connectivity index (χ4n) is 3.20. The molecule has 3 aromatic rings. The maximum absolute atomic E-state index is 6.06. The third-order valence-electron chi connectivity index (χ3n) is 4.80. The summed E-state index contributed by atoms with van der Waals surface area (Å²) in [6.45, 7) is 0.147. The minimum atomic E-state index is 0.147. The van der Waals surface area contributed by atoms with Crippen LogP contribution in [-0.4, -0.2) is 54.8 Å². The molecular formula is C21H23N5O5S. The largest absolute Gasteiger partial charge is 0.495 e. The van der Waals surface area contributed by atoms with Crippen LogP contribution in [0.3, 0.4) is 0 Å². The van der Waals surface area contributed by atoms with Crippen molar-refractivity contribution >= 4 is 23.2 Å². The molecule has 0 atom stereocenters. The second-order valence-corrected chi connectivity index (χ2v) is 7.59.